The van der Waals surface area contributed by atoms with E-state index in [0.29, 0.717) is 13.0 Å². The second-order valence-corrected chi connectivity index (χ2v) is 6.77. The molecular weight excluding hydrogens is 266 g/mol. The van der Waals surface area contributed by atoms with Crippen molar-refractivity contribution in [2.45, 2.75) is 36.9 Å². The Morgan fingerprint density at radius 3 is 2.84 bits per heavy atom. The Labute approximate surface area is 113 Å². The molecule has 1 aliphatic rings. The lowest BCUT2D eigenvalue weighted by Crippen LogP contribution is -2.47. The monoisotopic (exact) mass is 285 g/mol. The molecule has 6 heteroatoms. The number of nitrogens with one attached hydrogen (secondary N) is 1. The van der Waals surface area contributed by atoms with Gasteiger partial charge in [-0.05, 0) is 31.5 Å². The summed E-state index contributed by atoms with van der Waals surface area (Å²) in [6.45, 7) is 3.99. The number of rotatable bonds is 4. The Bertz CT molecular complexity index is 558. The molecule has 1 saturated heterocycles. The smallest absolute Gasteiger partial charge is 0.240 e. The van der Waals surface area contributed by atoms with Crippen molar-refractivity contribution in [3.8, 4) is 0 Å². The normalized spacial score (nSPS) is 27.6. The molecule has 0 amide bonds. The summed E-state index contributed by atoms with van der Waals surface area (Å²) in [7, 11) is -3.60. The first-order valence-electron chi connectivity index (χ1n) is 6.24. The first-order valence-corrected chi connectivity index (χ1v) is 7.72. The van der Waals surface area contributed by atoms with Gasteiger partial charge in [0.15, 0.2) is 0 Å². The summed E-state index contributed by atoms with van der Waals surface area (Å²) < 4.78 is 32.0. The summed E-state index contributed by atoms with van der Waals surface area (Å²) in [4.78, 5) is 0.211. The van der Waals surface area contributed by atoms with Gasteiger partial charge >= 0.3 is 0 Å². The van der Waals surface area contributed by atoms with Gasteiger partial charge in [-0.15, -0.1) is 0 Å². The van der Waals surface area contributed by atoms with Crippen molar-refractivity contribution in [2.75, 3.05) is 13.2 Å². The predicted molar refractivity (Wildman–Crippen MR) is 71.3 cm³/mol. The van der Waals surface area contributed by atoms with E-state index >= 15 is 0 Å². The number of benzene rings is 1. The molecule has 1 aromatic carbocycles. The highest BCUT2D eigenvalue weighted by Gasteiger charge is 2.40. The molecule has 1 aromatic rings. The molecule has 1 heterocycles. The molecule has 2 unspecified atom stereocenters. The van der Waals surface area contributed by atoms with Gasteiger partial charge in [-0.25, -0.2) is 13.1 Å². The Hall–Kier alpha value is -0.950. The summed E-state index contributed by atoms with van der Waals surface area (Å²) in [5.74, 6) is 0. The van der Waals surface area contributed by atoms with Crippen LogP contribution in [0.1, 0.15) is 18.9 Å². The van der Waals surface area contributed by atoms with Crippen molar-refractivity contribution in [3.05, 3.63) is 29.8 Å². The zero-order valence-corrected chi connectivity index (χ0v) is 11.9. The summed E-state index contributed by atoms with van der Waals surface area (Å²) in [5.41, 5.74) is -0.254. The lowest BCUT2D eigenvalue weighted by Gasteiger charge is -2.26. The number of sulfonamides is 1. The molecule has 2 atom stereocenters. The van der Waals surface area contributed by atoms with Gasteiger partial charge in [0.1, 0.15) is 5.60 Å². The van der Waals surface area contributed by atoms with Crippen LogP contribution in [0.2, 0.25) is 0 Å². The fourth-order valence-electron chi connectivity index (χ4n) is 2.09. The van der Waals surface area contributed by atoms with Crippen molar-refractivity contribution in [1.82, 2.24) is 4.72 Å². The van der Waals surface area contributed by atoms with E-state index in [1.807, 2.05) is 13.0 Å². The lowest BCUT2D eigenvalue weighted by atomic mass is 9.97. The number of aliphatic hydroxyl groups is 1. The Morgan fingerprint density at radius 2 is 2.26 bits per heavy atom. The molecule has 2 rings (SSSR count). The van der Waals surface area contributed by atoms with Gasteiger partial charge in [-0.3, -0.25) is 0 Å². The van der Waals surface area contributed by atoms with Crippen LogP contribution in [0.15, 0.2) is 29.2 Å². The zero-order chi connectivity index (χ0) is 14.1. The van der Waals surface area contributed by atoms with Crippen LogP contribution < -0.4 is 4.72 Å². The SMILES string of the molecule is Cc1cccc(S(=O)(=O)NCC2(O)CCOC2C)c1. The second kappa shape index (κ2) is 5.20. The number of hydrogen-bond acceptors (Lipinski definition) is 4. The molecule has 0 spiro atoms. The largest absolute Gasteiger partial charge is 0.386 e. The quantitative estimate of drug-likeness (QED) is 0.858. The van der Waals surface area contributed by atoms with E-state index in [4.69, 9.17) is 4.74 Å². The standard InChI is InChI=1S/C13H19NO4S/c1-10-4-3-5-12(8-10)19(16,17)14-9-13(15)6-7-18-11(13)2/h3-5,8,11,14-15H,6-7,9H2,1-2H3. The van der Waals surface area contributed by atoms with Gasteiger partial charge in [-0.2, -0.15) is 0 Å². The highest BCUT2D eigenvalue weighted by molar-refractivity contribution is 7.89. The van der Waals surface area contributed by atoms with Crippen LogP contribution in [0.4, 0.5) is 0 Å². The molecule has 1 fully saturated rings. The van der Waals surface area contributed by atoms with Crippen molar-refractivity contribution in [1.29, 1.82) is 0 Å². The molecule has 0 radical (unpaired) electrons. The maximum absolute atomic E-state index is 12.1. The molecule has 0 aromatic heterocycles. The summed E-state index contributed by atoms with van der Waals surface area (Å²) in [6.07, 6.45) is 0.0672. The average Bonchev–Trinajstić information content (AvgIpc) is 2.68. The highest BCUT2D eigenvalue weighted by atomic mass is 32.2. The number of hydrogen-bond donors (Lipinski definition) is 2. The van der Waals surface area contributed by atoms with Gasteiger partial charge in [0, 0.05) is 19.6 Å². The minimum atomic E-state index is -3.60. The van der Waals surface area contributed by atoms with Crippen molar-refractivity contribution >= 4 is 10.0 Å². The van der Waals surface area contributed by atoms with Crippen LogP contribution in [-0.2, 0) is 14.8 Å². The summed E-state index contributed by atoms with van der Waals surface area (Å²) in [5, 5.41) is 10.3. The van der Waals surface area contributed by atoms with Gasteiger partial charge in [0.25, 0.3) is 0 Å². The van der Waals surface area contributed by atoms with E-state index in [2.05, 4.69) is 4.72 Å². The molecule has 19 heavy (non-hydrogen) atoms. The van der Waals surface area contributed by atoms with E-state index < -0.39 is 15.6 Å². The first-order chi connectivity index (χ1) is 8.83. The highest BCUT2D eigenvalue weighted by Crippen LogP contribution is 2.25. The molecular formula is C13H19NO4S. The van der Waals surface area contributed by atoms with Crippen LogP contribution in [0.5, 0.6) is 0 Å². The third kappa shape index (κ3) is 3.14. The fourth-order valence-corrected chi connectivity index (χ4v) is 3.29. The Morgan fingerprint density at radius 1 is 1.53 bits per heavy atom. The molecule has 0 saturated carbocycles. The molecule has 0 aliphatic carbocycles. The first kappa shape index (κ1) is 14.5. The zero-order valence-electron chi connectivity index (χ0n) is 11.1. The number of aryl methyl sites for hydroxylation is 1. The molecule has 5 nitrogen and oxygen atoms in total. The minimum absolute atomic E-state index is 0.0373. The van der Waals surface area contributed by atoms with Crippen LogP contribution in [-0.4, -0.2) is 38.4 Å². The van der Waals surface area contributed by atoms with Crippen molar-refractivity contribution in [2.24, 2.45) is 0 Å². The van der Waals surface area contributed by atoms with E-state index in [9.17, 15) is 13.5 Å². The van der Waals surface area contributed by atoms with Crippen molar-refractivity contribution < 1.29 is 18.3 Å². The average molecular weight is 285 g/mol. The summed E-state index contributed by atoms with van der Waals surface area (Å²) >= 11 is 0. The second-order valence-electron chi connectivity index (χ2n) is 5.01. The van der Waals surface area contributed by atoms with Crippen LogP contribution in [0, 0.1) is 6.92 Å². The van der Waals surface area contributed by atoms with Gasteiger partial charge < -0.3 is 9.84 Å². The maximum atomic E-state index is 12.1. The van der Waals surface area contributed by atoms with E-state index in [0.717, 1.165) is 5.56 Å². The minimum Gasteiger partial charge on any atom is -0.386 e. The fraction of sp³-hybridized carbons (Fsp3) is 0.538. The third-order valence-corrected chi connectivity index (χ3v) is 4.93. The molecule has 0 bridgehead atoms. The summed E-state index contributed by atoms with van der Waals surface area (Å²) in [6, 6.07) is 6.66. The van der Waals surface area contributed by atoms with Crippen LogP contribution in [0.25, 0.3) is 0 Å². The number of ether oxygens (including phenoxy) is 1. The van der Waals surface area contributed by atoms with E-state index in [-0.39, 0.29) is 17.5 Å². The van der Waals surface area contributed by atoms with Crippen LogP contribution >= 0.6 is 0 Å². The molecule has 2 N–H and O–H groups in total. The van der Waals surface area contributed by atoms with Crippen molar-refractivity contribution in [3.63, 3.8) is 0 Å². The topological polar surface area (TPSA) is 75.6 Å². The van der Waals surface area contributed by atoms with E-state index in [1.165, 1.54) is 6.07 Å². The van der Waals surface area contributed by atoms with Gasteiger partial charge in [0.2, 0.25) is 10.0 Å². The van der Waals surface area contributed by atoms with Gasteiger partial charge in [-0.1, -0.05) is 12.1 Å². The lowest BCUT2D eigenvalue weighted by molar-refractivity contribution is -0.0228. The maximum Gasteiger partial charge on any atom is 0.240 e. The van der Waals surface area contributed by atoms with Crippen LogP contribution in [0.3, 0.4) is 0 Å². The third-order valence-electron chi connectivity index (χ3n) is 3.53. The Balaban J connectivity index is 2.10. The predicted octanol–water partition coefficient (Wildman–Crippen LogP) is 0.813. The van der Waals surface area contributed by atoms with Gasteiger partial charge in [0.05, 0.1) is 11.0 Å². The molecule has 1 aliphatic heterocycles. The Kier molecular flexibility index (Phi) is 3.96. The molecule has 106 valence electrons. The van der Waals surface area contributed by atoms with E-state index in [1.54, 1.807) is 19.1 Å².